The molecule has 0 spiro atoms. The van der Waals surface area contributed by atoms with Crippen molar-refractivity contribution in [1.29, 1.82) is 0 Å². The summed E-state index contributed by atoms with van der Waals surface area (Å²) < 4.78 is 5.78. The lowest BCUT2D eigenvalue weighted by Crippen LogP contribution is -2.11. The van der Waals surface area contributed by atoms with Gasteiger partial charge in [-0.25, -0.2) is 10.8 Å². The lowest BCUT2D eigenvalue weighted by atomic mass is 10.2. The Balaban J connectivity index is 2.08. The van der Waals surface area contributed by atoms with E-state index in [-0.39, 0.29) is 5.95 Å². The zero-order chi connectivity index (χ0) is 14.8. The number of nitrogens with one attached hydrogen (secondary N) is 1. The molecular weight excluding hydrogens is 311 g/mol. The highest BCUT2D eigenvalue weighted by molar-refractivity contribution is 6.42. The van der Waals surface area contributed by atoms with Crippen LogP contribution in [0.1, 0.15) is 0 Å². The van der Waals surface area contributed by atoms with Crippen molar-refractivity contribution in [3.05, 3.63) is 52.5 Å². The van der Waals surface area contributed by atoms with E-state index in [1.54, 1.807) is 18.2 Å². The number of benzene rings is 2. The largest absolute Gasteiger partial charge is 0.438 e. The lowest BCUT2D eigenvalue weighted by Gasteiger charge is -2.10. The van der Waals surface area contributed by atoms with Gasteiger partial charge >= 0.3 is 0 Å². The van der Waals surface area contributed by atoms with Crippen LogP contribution >= 0.6 is 23.2 Å². The van der Waals surface area contributed by atoms with Gasteiger partial charge in [0.2, 0.25) is 11.8 Å². The zero-order valence-electron chi connectivity index (χ0n) is 10.7. The molecule has 7 heteroatoms. The fourth-order valence-electron chi connectivity index (χ4n) is 1.84. The molecular formula is C14H10Cl2N4O. The number of hydrogen-bond acceptors (Lipinski definition) is 5. The van der Waals surface area contributed by atoms with Crippen molar-refractivity contribution in [3.63, 3.8) is 0 Å². The third kappa shape index (κ3) is 2.85. The van der Waals surface area contributed by atoms with E-state index in [9.17, 15) is 0 Å². The molecule has 1 aromatic heterocycles. The van der Waals surface area contributed by atoms with Gasteiger partial charge in [0.15, 0.2) is 0 Å². The quantitative estimate of drug-likeness (QED) is 0.563. The average molecular weight is 321 g/mol. The van der Waals surface area contributed by atoms with E-state index in [4.69, 9.17) is 33.8 Å². The molecule has 1 heterocycles. The maximum Gasteiger partial charge on any atom is 0.241 e. The van der Waals surface area contributed by atoms with Crippen molar-refractivity contribution < 1.29 is 4.74 Å². The van der Waals surface area contributed by atoms with Crippen molar-refractivity contribution in [2.45, 2.75) is 0 Å². The molecule has 0 atom stereocenters. The Labute approximate surface area is 130 Å². The first-order valence-electron chi connectivity index (χ1n) is 6.03. The predicted molar refractivity (Wildman–Crippen MR) is 83.9 cm³/mol. The van der Waals surface area contributed by atoms with E-state index in [1.165, 1.54) is 0 Å². The Bertz CT molecular complexity index is 810. The second-order valence-corrected chi connectivity index (χ2v) is 5.01. The van der Waals surface area contributed by atoms with Gasteiger partial charge in [0.25, 0.3) is 0 Å². The van der Waals surface area contributed by atoms with E-state index in [2.05, 4.69) is 15.4 Å². The van der Waals surface area contributed by atoms with Crippen LogP contribution in [0, 0.1) is 0 Å². The Morgan fingerprint density at radius 1 is 1.00 bits per heavy atom. The molecule has 0 amide bonds. The maximum atomic E-state index is 5.98. The van der Waals surface area contributed by atoms with Crippen molar-refractivity contribution in [2.24, 2.45) is 5.84 Å². The number of para-hydroxylation sites is 1. The topological polar surface area (TPSA) is 73.1 Å². The summed E-state index contributed by atoms with van der Waals surface area (Å²) in [5.74, 6) is 6.55. The number of fused-ring (bicyclic) bond motifs is 1. The van der Waals surface area contributed by atoms with Crippen LogP contribution in [0.5, 0.6) is 11.6 Å². The van der Waals surface area contributed by atoms with Crippen LogP contribution in [-0.2, 0) is 0 Å². The van der Waals surface area contributed by atoms with Gasteiger partial charge in [-0.1, -0.05) is 35.3 Å². The first-order valence-corrected chi connectivity index (χ1v) is 6.79. The standard InChI is InChI=1S/C14H10Cl2N4O/c15-10-6-5-8(7-11(10)16)21-13-9-3-1-2-4-12(9)18-14(19-13)20-17/h1-7H,17H2,(H,18,19,20). The Morgan fingerprint density at radius 2 is 1.81 bits per heavy atom. The van der Waals surface area contributed by atoms with E-state index < -0.39 is 0 Å². The van der Waals surface area contributed by atoms with Gasteiger partial charge in [0.05, 0.1) is 20.9 Å². The molecule has 5 nitrogen and oxygen atoms in total. The average Bonchev–Trinajstić information content (AvgIpc) is 2.51. The van der Waals surface area contributed by atoms with Crippen molar-refractivity contribution in [2.75, 3.05) is 5.43 Å². The van der Waals surface area contributed by atoms with Gasteiger partial charge in [-0.05, 0) is 24.3 Å². The molecule has 0 radical (unpaired) electrons. The highest BCUT2D eigenvalue weighted by Gasteiger charge is 2.10. The molecule has 0 bridgehead atoms. The van der Waals surface area contributed by atoms with Crippen molar-refractivity contribution in [3.8, 4) is 11.6 Å². The number of halogens is 2. The van der Waals surface area contributed by atoms with Crippen LogP contribution < -0.4 is 16.0 Å². The molecule has 106 valence electrons. The minimum absolute atomic E-state index is 0.267. The van der Waals surface area contributed by atoms with Crippen LogP contribution in [0.3, 0.4) is 0 Å². The van der Waals surface area contributed by atoms with Crippen molar-refractivity contribution >= 4 is 40.1 Å². The Kier molecular flexibility index (Phi) is 3.79. The molecule has 0 saturated carbocycles. The lowest BCUT2D eigenvalue weighted by molar-refractivity contribution is 0.469. The number of nitrogens with zero attached hydrogens (tertiary/aromatic N) is 2. The van der Waals surface area contributed by atoms with Gasteiger partial charge in [0, 0.05) is 6.07 Å². The van der Waals surface area contributed by atoms with Crippen LogP contribution in [0.4, 0.5) is 5.95 Å². The number of hydrogen-bond donors (Lipinski definition) is 2. The number of nitrogens with two attached hydrogens (primary N) is 1. The minimum atomic E-state index is 0.267. The van der Waals surface area contributed by atoms with Gasteiger partial charge in [-0.3, -0.25) is 5.43 Å². The smallest absolute Gasteiger partial charge is 0.241 e. The summed E-state index contributed by atoms with van der Waals surface area (Å²) in [6.45, 7) is 0. The van der Waals surface area contributed by atoms with Crippen LogP contribution in [0.25, 0.3) is 10.9 Å². The van der Waals surface area contributed by atoms with E-state index >= 15 is 0 Å². The molecule has 0 aliphatic heterocycles. The normalized spacial score (nSPS) is 10.6. The highest BCUT2D eigenvalue weighted by Crippen LogP contribution is 2.32. The molecule has 0 fully saturated rings. The highest BCUT2D eigenvalue weighted by atomic mass is 35.5. The Hall–Kier alpha value is -2.08. The second-order valence-electron chi connectivity index (χ2n) is 4.19. The molecule has 3 rings (SSSR count). The van der Waals surface area contributed by atoms with Crippen LogP contribution in [-0.4, -0.2) is 9.97 Å². The number of rotatable bonds is 3. The van der Waals surface area contributed by atoms with Gasteiger partial charge in [-0.2, -0.15) is 4.98 Å². The van der Waals surface area contributed by atoms with E-state index in [0.29, 0.717) is 21.7 Å². The molecule has 0 aliphatic rings. The van der Waals surface area contributed by atoms with Crippen molar-refractivity contribution in [1.82, 2.24) is 9.97 Å². The molecule has 0 aliphatic carbocycles. The fraction of sp³-hybridized carbons (Fsp3) is 0. The molecule has 2 aromatic carbocycles. The fourth-order valence-corrected chi connectivity index (χ4v) is 2.13. The van der Waals surface area contributed by atoms with Crippen LogP contribution in [0.2, 0.25) is 10.0 Å². The summed E-state index contributed by atoms with van der Waals surface area (Å²) in [5, 5.41) is 1.63. The molecule has 0 unspecified atom stereocenters. The van der Waals surface area contributed by atoms with E-state index in [1.807, 2.05) is 24.3 Å². The number of anilines is 1. The summed E-state index contributed by atoms with van der Waals surface area (Å²) in [4.78, 5) is 8.47. The maximum absolute atomic E-state index is 5.98. The predicted octanol–water partition coefficient (Wildman–Crippen LogP) is 4.01. The first kappa shape index (κ1) is 13.9. The molecule has 3 aromatic rings. The number of nitrogen functional groups attached to an aromatic ring is 1. The third-order valence-electron chi connectivity index (χ3n) is 2.80. The van der Waals surface area contributed by atoms with Gasteiger partial charge in [-0.15, -0.1) is 0 Å². The summed E-state index contributed by atoms with van der Waals surface area (Å²) in [7, 11) is 0. The summed E-state index contributed by atoms with van der Waals surface area (Å²) >= 11 is 11.9. The minimum Gasteiger partial charge on any atom is -0.438 e. The first-order chi connectivity index (χ1) is 10.2. The molecule has 3 N–H and O–H groups in total. The second kappa shape index (κ2) is 5.73. The third-order valence-corrected chi connectivity index (χ3v) is 3.54. The number of hydrazine groups is 1. The SMILES string of the molecule is NNc1nc(Oc2ccc(Cl)c(Cl)c2)c2ccccc2n1. The van der Waals surface area contributed by atoms with Gasteiger partial charge < -0.3 is 4.74 Å². The zero-order valence-corrected chi connectivity index (χ0v) is 12.2. The molecule has 0 saturated heterocycles. The number of ether oxygens (including phenoxy) is 1. The Morgan fingerprint density at radius 3 is 2.57 bits per heavy atom. The summed E-state index contributed by atoms with van der Waals surface area (Å²) in [5.41, 5.74) is 3.13. The van der Waals surface area contributed by atoms with E-state index in [0.717, 1.165) is 10.9 Å². The summed E-state index contributed by atoms with van der Waals surface area (Å²) in [6.07, 6.45) is 0. The van der Waals surface area contributed by atoms with Crippen LogP contribution in [0.15, 0.2) is 42.5 Å². The van der Waals surface area contributed by atoms with Gasteiger partial charge in [0.1, 0.15) is 5.75 Å². The monoisotopic (exact) mass is 320 g/mol. The summed E-state index contributed by atoms with van der Waals surface area (Å²) in [6, 6.07) is 12.4. The number of aromatic nitrogens is 2. The molecule has 21 heavy (non-hydrogen) atoms.